The summed E-state index contributed by atoms with van der Waals surface area (Å²) in [5.74, 6) is 0.0967. The summed E-state index contributed by atoms with van der Waals surface area (Å²) in [5, 5.41) is 3.24. The lowest BCUT2D eigenvalue weighted by Gasteiger charge is -2.33. The maximum atomic E-state index is 12.6. The van der Waals surface area contributed by atoms with E-state index >= 15 is 0 Å². The summed E-state index contributed by atoms with van der Waals surface area (Å²) in [6.07, 6.45) is 6.52. The molecule has 0 radical (unpaired) electrons. The number of amides is 1. The Bertz CT molecular complexity index is 703. The van der Waals surface area contributed by atoms with Gasteiger partial charge in [0.05, 0.1) is 18.9 Å². The molecule has 0 spiro atoms. The molecule has 1 N–H and O–H groups in total. The highest BCUT2D eigenvalue weighted by atomic mass is 16.2. The lowest BCUT2D eigenvalue weighted by Crippen LogP contribution is -2.49. The number of imidazole rings is 1. The van der Waals surface area contributed by atoms with Crippen molar-refractivity contribution in [2.24, 2.45) is 5.41 Å². The summed E-state index contributed by atoms with van der Waals surface area (Å²) in [4.78, 5) is 19.0. The monoisotopic (exact) mass is 340 g/mol. The first-order valence-electron chi connectivity index (χ1n) is 8.96. The molecule has 0 bridgehead atoms. The Morgan fingerprint density at radius 2 is 2.04 bits per heavy atom. The van der Waals surface area contributed by atoms with Crippen LogP contribution in [-0.4, -0.2) is 39.5 Å². The quantitative estimate of drug-likeness (QED) is 0.910. The van der Waals surface area contributed by atoms with Crippen LogP contribution in [0.4, 0.5) is 0 Å². The van der Waals surface area contributed by atoms with E-state index in [-0.39, 0.29) is 17.4 Å². The number of carbonyl (C=O) groups is 1. The molecular weight excluding hydrogens is 312 g/mol. The van der Waals surface area contributed by atoms with Crippen molar-refractivity contribution in [3.8, 4) is 0 Å². The molecule has 0 unspecified atom stereocenters. The largest absolute Gasteiger partial charge is 0.350 e. The van der Waals surface area contributed by atoms with Gasteiger partial charge in [-0.05, 0) is 23.0 Å². The van der Waals surface area contributed by atoms with Gasteiger partial charge in [-0.15, -0.1) is 0 Å². The molecule has 0 aliphatic carbocycles. The molecule has 1 aliphatic heterocycles. The normalized spacial score (nSPS) is 16.3. The minimum absolute atomic E-state index is 0.0194. The van der Waals surface area contributed by atoms with Crippen molar-refractivity contribution in [1.82, 2.24) is 19.8 Å². The third-order valence-corrected chi connectivity index (χ3v) is 4.91. The molecule has 25 heavy (non-hydrogen) atoms. The van der Waals surface area contributed by atoms with Crippen LogP contribution in [0.3, 0.4) is 0 Å². The van der Waals surface area contributed by atoms with Crippen molar-refractivity contribution in [3.05, 3.63) is 54.1 Å². The summed E-state index contributed by atoms with van der Waals surface area (Å²) < 4.78 is 2.02. The van der Waals surface area contributed by atoms with Gasteiger partial charge in [0.1, 0.15) is 0 Å². The molecule has 1 aliphatic rings. The lowest BCUT2D eigenvalue weighted by molar-refractivity contribution is -0.124. The van der Waals surface area contributed by atoms with Crippen molar-refractivity contribution in [2.45, 2.75) is 46.3 Å². The van der Waals surface area contributed by atoms with E-state index in [0.29, 0.717) is 6.54 Å². The number of hydrogen-bond donors (Lipinski definition) is 1. The van der Waals surface area contributed by atoms with E-state index in [1.54, 1.807) is 12.5 Å². The molecule has 5 nitrogen and oxygen atoms in total. The van der Waals surface area contributed by atoms with Crippen LogP contribution in [0.2, 0.25) is 0 Å². The Morgan fingerprint density at radius 3 is 2.72 bits per heavy atom. The number of nitrogens with zero attached hydrogens (tertiary/aromatic N) is 3. The molecule has 5 heteroatoms. The number of rotatable bonds is 5. The van der Waals surface area contributed by atoms with Gasteiger partial charge in [-0.3, -0.25) is 9.69 Å². The van der Waals surface area contributed by atoms with Crippen molar-refractivity contribution >= 4 is 5.91 Å². The highest BCUT2D eigenvalue weighted by Gasteiger charge is 2.27. The number of fused-ring (bicyclic) bond motifs is 1. The second-order valence-electron chi connectivity index (χ2n) is 7.97. The zero-order valence-corrected chi connectivity index (χ0v) is 15.4. The number of carbonyl (C=O) groups excluding carboxylic acids is 1. The second kappa shape index (κ2) is 7.40. The van der Waals surface area contributed by atoms with E-state index in [1.807, 2.05) is 10.8 Å². The summed E-state index contributed by atoms with van der Waals surface area (Å²) >= 11 is 0. The summed E-state index contributed by atoms with van der Waals surface area (Å²) in [6, 6.07) is 8.57. The molecule has 0 fully saturated rings. The topological polar surface area (TPSA) is 50.2 Å². The predicted molar refractivity (Wildman–Crippen MR) is 99.0 cm³/mol. The standard InChI is InChI=1S/C20H28N4O/c1-20(2,3)18(13-24-11-9-21-15-24)22-19(25)14-23-10-8-16-6-4-5-7-17(16)12-23/h4-7,9,11,15,18H,8,10,12-14H2,1-3H3,(H,22,25)/t18-/m0/s1. The van der Waals surface area contributed by atoms with Crippen LogP contribution >= 0.6 is 0 Å². The van der Waals surface area contributed by atoms with E-state index in [0.717, 1.165) is 26.1 Å². The van der Waals surface area contributed by atoms with Crippen LogP contribution in [0, 0.1) is 5.41 Å². The third kappa shape index (κ3) is 4.69. The van der Waals surface area contributed by atoms with Crippen molar-refractivity contribution in [3.63, 3.8) is 0 Å². The first-order valence-corrected chi connectivity index (χ1v) is 8.96. The van der Waals surface area contributed by atoms with Gasteiger partial charge < -0.3 is 9.88 Å². The van der Waals surface area contributed by atoms with Crippen LogP contribution < -0.4 is 5.32 Å². The molecule has 3 rings (SSSR count). The Hall–Kier alpha value is -2.14. The second-order valence-corrected chi connectivity index (χ2v) is 7.97. The Balaban J connectivity index is 1.58. The third-order valence-electron chi connectivity index (χ3n) is 4.91. The fourth-order valence-electron chi connectivity index (χ4n) is 3.27. The van der Waals surface area contributed by atoms with Crippen molar-refractivity contribution in [1.29, 1.82) is 0 Å². The maximum absolute atomic E-state index is 12.6. The fraction of sp³-hybridized carbons (Fsp3) is 0.500. The summed E-state index contributed by atoms with van der Waals surface area (Å²) in [6.45, 7) is 9.45. The van der Waals surface area contributed by atoms with Gasteiger partial charge in [-0.25, -0.2) is 4.98 Å². The van der Waals surface area contributed by atoms with E-state index in [9.17, 15) is 4.79 Å². The number of benzene rings is 1. The molecule has 134 valence electrons. The van der Waals surface area contributed by atoms with Gasteiger partial charge in [0.15, 0.2) is 0 Å². The number of aromatic nitrogens is 2. The van der Waals surface area contributed by atoms with Gasteiger partial charge in [0.25, 0.3) is 0 Å². The Labute approximate surface area is 150 Å². The first kappa shape index (κ1) is 17.7. The van der Waals surface area contributed by atoms with Crippen LogP contribution in [0.5, 0.6) is 0 Å². The molecule has 1 aromatic carbocycles. The molecule has 0 saturated carbocycles. The molecule has 1 aromatic heterocycles. The Morgan fingerprint density at radius 1 is 1.28 bits per heavy atom. The summed E-state index contributed by atoms with van der Waals surface area (Å²) in [5.41, 5.74) is 2.73. The average Bonchev–Trinajstić information content (AvgIpc) is 3.06. The maximum Gasteiger partial charge on any atom is 0.234 e. The van der Waals surface area contributed by atoms with Crippen LogP contribution in [0.25, 0.3) is 0 Å². The minimum Gasteiger partial charge on any atom is -0.350 e. The van der Waals surface area contributed by atoms with Gasteiger partial charge >= 0.3 is 0 Å². The van der Waals surface area contributed by atoms with Gasteiger partial charge in [0.2, 0.25) is 5.91 Å². The summed E-state index contributed by atoms with van der Waals surface area (Å²) in [7, 11) is 0. The highest BCUT2D eigenvalue weighted by molar-refractivity contribution is 5.78. The van der Waals surface area contributed by atoms with Gasteiger partial charge in [-0.1, -0.05) is 45.0 Å². The van der Waals surface area contributed by atoms with Crippen molar-refractivity contribution in [2.75, 3.05) is 13.1 Å². The zero-order chi connectivity index (χ0) is 17.9. The number of hydrogen-bond acceptors (Lipinski definition) is 3. The smallest absolute Gasteiger partial charge is 0.234 e. The minimum atomic E-state index is -0.0194. The Kier molecular flexibility index (Phi) is 5.23. The molecule has 1 atom stereocenters. The van der Waals surface area contributed by atoms with Crippen LogP contribution in [-0.2, 0) is 24.3 Å². The molecular formula is C20H28N4O. The first-order chi connectivity index (χ1) is 11.9. The van der Waals surface area contributed by atoms with Gasteiger partial charge in [0, 0.05) is 32.0 Å². The zero-order valence-electron chi connectivity index (χ0n) is 15.4. The van der Waals surface area contributed by atoms with Crippen LogP contribution in [0.15, 0.2) is 43.0 Å². The lowest BCUT2D eigenvalue weighted by atomic mass is 9.86. The predicted octanol–water partition coefficient (Wildman–Crippen LogP) is 2.47. The molecule has 1 amide bonds. The SMILES string of the molecule is CC(C)(C)[C@H](Cn1ccnc1)NC(=O)CN1CCc2ccccc2C1. The van der Waals surface area contributed by atoms with Gasteiger partial charge in [-0.2, -0.15) is 0 Å². The number of nitrogens with one attached hydrogen (secondary N) is 1. The van der Waals surface area contributed by atoms with Crippen LogP contribution in [0.1, 0.15) is 31.9 Å². The fourth-order valence-corrected chi connectivity index (χ4v) is 3.27. The van der Waals surface area contributed by atoms with E-state index in [1.165, 1.54) is 11.1 Å². The van der Waals surface area contributed by atoms with E-state index < -0.39 is 0 Å². The van der Waals surface area contributed by atoms with E-state index in [2.05, 4.69) is 60.2 Å². The van der Waals surface area contributed by atoms with E-state index in [4.69, 9.17) is 0 Å². The van der Waals surface area contributed by atoms with Crippen molar-refractivity contribution < 1.29 is 4.79 Å². The average molecular weight is 340 g/mol. The highest BCUT2D eigenvalue weighted by Crippen LogP contribution is 2.21. The molecule has 2 heterocycles. The molecule has 2 aromatic rings. The molecule has 0 saturated heterocycles.